The molecule has 2 heteroatoms. The number of hydrogen-bond acceptors (Lipinski definition) is 0. The highest BCUT2D eigenvalue weighted by Gasteiger charge is 2.12. The first-order chi connectivity index (χ1) is 9.56. The number of fused-ring (bicyclic) bond motifs is 1. The molecule has 3 aromatic rings. The molecule has 0 bridgehead atoms. The van der Waals surface area contributed by atoms with Crippen molar-refractivity contribution in [1.29, 1.82) is 0 Å². The quantitative estimate of drug-likeness (QED) is 0.591. The van der Waals surface area contributed by atoms with Gasteiger partial charge in [-0.05, 0) is 50.1 Å². The molecule has 0 fully saturated rings. The van der Waals surface area contributed by atoms with E-state index in [4.69, 9.17) is 0 Å². The number of halogens is 1. The summed E-state index contributed by atoms with van der Waals surface area (Å²) in [6, 6.07) is 13.6. The zero-order valence-electron chi connectivity index (χ0n) is 12.0. The van der Waals surface area contributed by atoms with E-state index in [1.807, 2.05) is 12.1 Å². The second kappa shape index (κ2) is 4.78. The Morgan fingerprint density at radius 2 is 1.70 bits per heavy atom. The number of hydrogen-bond donors (Lipinski definition) is 0. The number of rotatable bonds is 2. The predicted octanol–water partition coefficient (Wildman–Crippen LogP) is 5.34. The Bertz CT molecular complexity index is 751. The molecule has 0 saturated heterocycles. The van der Waals surface area contributed by atoms with E-state index in [2.05, 4.69) is 49.7 Å². The van der Waals surface area contributed by atoms with Gasteiger partial charge < -0.3 is 4.57 Å². The Morgan fingerprint density at radius 3 is 2.35 bits per heavy atom. The van der Waals surface area contributed by atoms with Crippen molar-refractivity contribution in [2.45, 2.75) is 26.8 Å². The molecular formula is C18H18FN. The zero-order valence-corrected chi connectivity index (χ0v) is 12.0. The molecule has 0 spiro atoms. The highest BCUT2D eigenvalue weighted by atomic mass is 19.1. The van der Waals surface area contributed by atoms with Crippen LogP contribution in [0.15, 0.2) is 48.7 Å². The molecule has 3 rings (SSSR count). The molecule has 2 aromatic carbocycles. The zero-order chi connectivity index (χ0) is 14.3. The SMILES string of the molecule is Cc1ccc2c(-c3ccc(F)cc3)cn(C(C)C)c2c1. The van der Waals surface area contributed by atoms with Crippen LogP contribution in [0.4, 0.5) is 4.39 Å². The Balaban J connectivity index is 2.28. The Kier molecular flexibility index (Phi) is 3.09. The Labute approximate surface area is 118 Å². The van der Waals surface area contributed by atoms with Gasteiger partial charge in [-0.3, -0.25) is 0 Å². The van der Waals surface area contributed by atoms with Gasteiger partial charge in [0, 0.05) is 28.7 Å². The second-order valence-electron chi connectivity index (χ2n) is 5.57. The molecule has 0 radical (unpaired) electrons. The fourth-order valence-electron chi connectivity index (χ4n) is 2.65. The van der Waals surface area contributed by atoms with Crippen LogP contribution in [0.1, 0.15) is 25.5 Å². The summed E-state index contributed by atoms with van der Waals surface area (Å²) in [6.07, 6.45) is 2.17. The van der Waals surface area contributed by atoms with Crippen LogP contribution in [0.5, 0.6) is 0 Å². The highest BCUT2D eigenvalue weighted by Crippen LogP contribution is 2.33. The van der Waals surface area contributed by atoms with E-state index in [1.54, 1.807) is 0 Å². The minimum Gasteiger partial charge on any atom is -0.344 e. The largest absolute Gasteiger partial charge is 0.344 e. The maximum atomic E-state index is 13.1. The summed E-state index contributed by atoms with van der Waals surface area (Å²) in [5.41, 5.74) is 4.70. The molecule has 1 heterocycles. The van der Waals surface area contributed by atoms with Gasteiger partial charge in [-0.25, -0.2) is 4.39 Å². The average molecular weight is 267 g/mol. The summed E-state index contributed by atoms with van der Waals surface area (Å²) in [6.45, 7) is 6.46. The van der Waals surface area contributed by atoms with Gasteiger partial charge in [-0.2, -0.15) is 0 Å². The van der Waals surface area contributed by atoms with Crippen molar-refractivity contribution in [3.63, 3.8) is 0 Å². The van der Waals surface area contributed by atoms with Gasteiger partial charge in [0.25, 0.3) is 0 Å². The molecule has 0 aliphatic heterocycles. The van der Waals surface area contributed by atoms with Crippen molar-refractivity contribution in [3.8, 4) is 11.1 Å². The van der Waals surface area contributed by atoms with Crippen LogP contribution in [0.2, 0.25) is 0 Å². The third-order valence-corrected chi connectivity index (χ3v) is 3.70. The molecule has 1 nitrogen and oxygen atoms in total. The van der Waals surface area contributed by atoms with E-state index in [1.165, 1.54) is 28.6 Å². The van der Waals surface area contributed by atoms with Crippen molar-refractivity contribution in [1.82, 2.24) is 4.57 Å². The molecule has 102 valence electrons. The minimum atomic E-state index is -0.197. The summed E-state index contributed by atoms with van der Waals surface area (Å²) in [5, 5.41) is 1.22. The van der Waals surface area contributed by atoms with E-state index in [9.17, 15) is 4.39 Å². The summed E-state index contributed by atoms with van der Waals surface area (Å²) in [4.78, 5) is 0. The van der Waals surface area contributed by atoms with Crippen molar-refractivity contribution in [2.75, 3.05) is 0 Å². The topological polar surface area (TPSA) is 4.93 Å². The maximum Gasteiger partial charge on any atom is 0.123 e. The lowest BCUT2D eigenvalue weighted by atomic mass is 10.0. The third kappa shape index (κ3) is 2.11. The van der Waals surface area contributed by atoms with E-state index in [0.29, 0.717) is 6.04 Å². The van der Waals surface area contributed by atoms with Gasteiger partial charge >= 0.3 is 0 Å². The molecule has 0 aliphatic rings. The average Bonchev–Trinajstić information content (AvgIpc) is 2.78. The first kappa shape index (κ1) is 12.9. The van der Waals surface area contributed by atoms with Gasteiger partial charge in [-0.1, -0.05) is 24.3 Å². The van der Waals surface area contributed by atoms with Gasteiger partial charge in [0.2, 0.25) is 0 Å². The Hall–Kier alpha value is -2.09. The number of nitrogens with zero attached hydrogens (tertiary/aromatic N) is 1. The lowest BCUT2D eigenvalue weighted by molar-refractivity contribution is 0.623. The molecule has 1 aromatic heterocycles. The van der Waals surface area contributed by atoms with Crippen molar-refractivity contribution in [2.24, 2.45) is 0 Å². The molecule has 0 atom stereocenters. The van der Waals surface area contributed by atoms with Crippen LogP contribution < -0.4 is 0 Å². The van der Waals surface area contributed by atoms with Crippen molar-refractivity contribution >= 4 is 10.9 Å². The summed E-state index contributed by atoms with van der Waals surface area (Å²) >= 11 is 0. The van der Waals surface area contributed by atoms with Gasteiger partial charge in [0.1, 0.15) is 5.82 Å². The van der Waals surface area contributed by atoms with Crippen molar-refractivity contribution < 1.29 is 4.39 Å². The Morgan fingerprint density at radius 1 is 1.00 bits per heavy atom. The second-order valence-corrected chi connectivity index (χ2v) is 5.57. The fourth-order valence-corrected chi connectivity index (χ4v) is 2.65. The van der Waals surface area contributed by atoms with E-state index < -0.39 is 0 Å². The molecule has 20 heavy (non-hydrogen) atoms. The first-order valence-corrected chi connectivity index (χ1v) is 6.93. The van der Waals surface area contributed by atoms with Gasteiger partial charge in [0.05, 0.1) is 0 Å². The van der Waals surface area contributed by atoms with Crippen LogP contribution in [0, 0.1) is 12.7 Å². The molecule has 0 N–H and O–H groups in total. The van der Waals surface area contributed by atoms with E-state index >= 15 is 0 Å². The fraction of sp³-hybridized carbons (Fsp3) is 0.222. The van der Waals surface area contributed by atoms with Crippen LogP contribution >= 0.6 is 0 Å². The summed E-state index contributed by atoms with van der Waals surface area (Å²) < 4.78 is 15.4. The summed E-state index contributed by atoms with van der Waals surface area (Å²) in [7, 11) is 0. The predicted molar refractivity (Wildman–Crippen MR) is 82.5 cm³/mol. The lowest BCUT2D eigenvalue weighted by Gasteiger charge is -2.09. The molecule has 0 saturated carbocycles. The van der Waals surface area contributed by atoms with Gasteiger partial charge in [-0.15, -0.1) is 0 Å². The number of aromatic nitrogens is 1. The molecular weight excluding hydrogens is 249 g/mol. The normalized spacial score (nSPS) is 11.4. The molecule has 0 unspecified atom stereocenters. The molecule has 0 aliphatic carbocycles. The van der Waals surface area contributed by atoms with Gasteiger partial charge in [0.15, 0.2) is 0 Å². The standard InChI is InChI=1S/C18H18FN/c1-12(2)20-11-17(14-5-7-15(19)8-6-14)16-9-4-13(3)10-18(16)20/h4-12H,1-3H3. The van der Waals surface area contributed by atoms with Crippen LogP contribution in [0.25, 0.3) is 22.0 Å². The summed E-state index contributed by atoms with van der Waals surface area (Å²) in [5.74, 6) is -0.197. The first-order valence-electron chi connectivity index (χ1n) is 6.93. The number of aryl methyl sites for hydroxylation is 1. The van der Waals surface area contributed by atoms with Crippen molar-refractivity contribution in [3.05, 3.63) is 60.0 Å². The number of benzene rings is 2. The van der Waals surface area contributed by atoms with Crippen LogP contribution in [0.3, 0.4) is 0 Å². The van der Waals surface area contributed by atoms with Crippen LogP contribution in [-0.2, 0) is 0 Å². The highest BCUT2D eigenvalue weighted by molar-refractivity contribution is 5.96. The monoisotopic (exact) mass is 267 g/mol. The lowest BCUT2D eigenvalue weighted by Crippen LogP contribution is -1.97. The minimum absolute atomic E-state index is 0.197. The van der Waals surface area contributed by atoms with E-state index in [0.717, 1.165) is 11.1 Å². The van der Waals surface area contributed by atoms with E-state index in [-0.39, 0.29) is 5.82 Å². The third-order valence-electron chi connectivity index (χ3n) is 3.70. The maximum absolute atomic E-state index is 13.1. The van der Waals surface area contributed by atoms with Crippen LogP contribution in [-0.4, -0.2) is 4.57 Å². The molecule has 0 amide bonds. The smallest absolute Gasteiger partial charge is 0.123 e.